The van der Waals surface area contributed by atoms with E-state index in [4.69, 9.17) is 14.2 Å². The van der Waals surface area contributed by atoms with Gasteiger partial charge in [-0.1, -0.05) is 62.3 Å². The van der Waals surface area contributed by atoms with Crippen LogP contribution in [0, 0.1) is 34.0 Å². The summed E-state index contributed by atoms with van der Waals surface area (Å²) in [7, 11) is 0. The maximum atomic E-state index is 13.4. The maximum absolute atomic E-state index is 13.4. The number of carbonyl (C=O) groups excluding carboxylic acids is 3. The third-order valence-electron chi connectivity index (χ3n) is 8.71. The molecule has 0 rings (SSSR count). The van der Waals surface area contributed by atoms with Gasteiger partial charge in [-0.25, -0.2) is 0 Å². The Morgan fingerprint density at radius 3 is 1.08 bits per heavy atom. The molecule has 0 fully saturated rings. The van der Waals surface area contributed by atoms with Crippen LogP contribution in [0.4, 0.5) is 0 Å². The van der Waals surface area contributed by atoms with Crippen molar-refractivity contribution in [2.24, 2.45) is 34.0 Å². The van der Waals surface area contributed by atoms with Gasteiger partial charge in [0.1, 0.15) is 13.2 Å². The Bertz CT molecular complexity index is 702. The molecule has 0 bridgehead atoms. The number of hydrogen-bond acceptors (Lipinski definition) is 6. The summed E-state index contributed by atoms with van der Waals surface area (Å²) in [5.41, 5.74) is -1.87. The van der Waals surface area contributed by atoms with Gasteiger partial charge >= 0.3 is 17.9 Å². The largest absolute Gasteiger partial charge is 0.461 e. The SMILES string of the molecule is CCC(C)(CCC(C)C)C(=O)OCC(COC(=O)C(C)(CC)CCC(C)C)OC(=O)C(C)(CC)CCC(C)C. The van der Waals surface area contributed by atoms with Gasteiger partial charge in [0.2, 0.25) is 0 Å². The molecule has 0 saturated heterocycles. The Kier molecular flexibility index (Phi) is 16.6. The quantitative estimate of drug-likeness (QED) is 0.111. The topological polar surface area (TPSA) is 78.9 Å². The molecule has 0 radical (unpaired) electrons. The fourth-order valence-corrected chi connectivity index (χ4v) is 4.19. The van der Waals surface area contributed by atoms with E-state index in [1.54, 1.807) is 0 Å². The molecule has 0 amide bonds. The second kappa shape index (κ2) is 17.3. The van der Waals surface area contributed by atoms with E-state index < -0.39 is 22.3 Å². The zero-order chi connectivity index (χ0) is 30.4. The van der Waals surface area contributed by atoms with E-state index in [0.717, 1.165) is 32.1 Å². The fraction of sp³-hybridized carbons (Fsp3) is 0.909. The lowest BCUT2D eigenvalue weighted by molar-refractivity contribution is -0.180. The first-order chi connectivity index (χ1) is 18.0. The van der Waals surface area contributed by atoms with Crippen molar-refractivity contribution in [3.8, 4) is 0 Å². The summed E-state index contributed by atoms with van der Waals surface area (Å²) in [4.78, 5) is 39.7. The molecule has 0 aromatic rings. The Morgan fingerprint density at radius 2 is 0.821 bits per heavy atom. The van der Waals surface area contributed by atoms with Gasteiger partial charge in [-0.15, -0.1) is 0 Å². The number of hydrogen-bond donors (Lipinski definition) is 0. The molecule has 0 aromatic carbocycles. The van der Waals surface area contributed by atoms with Crippen LogP contribution in [-0.4, -0.2) is 37.2 Å². The molecule has 6 nitrogen and oxygen atoms in total. The number of rotatable bonds is 20. The van der Waals surface area contributed by atoms with Crippen molar-refractivity contribution < 1.29 is 28.6 Å². The van der Waals surface area contributed by atoms with Gasteiger partial charge in [-0.05, 0) is 96.3 Å². The standard InChI is InChI=1S/C33H62O6/c1-13-31(10,19-16-24(4)5)28(34)37-22-27(39-30(36)33(12,15-3)21-18-26(8)9)23-38-29(35)32(11,14-2)20-17-25(6)7/h24-27H,13-23H2,1-12H3. The third kappa shape index (κ3) is 13.1. The molecule has 0 spiro atoms. The average Bonchev–Trinajstić information content (AvgIpc) is 2.89. The Morgan fingerprint density at radius 1 is 0.538 bits per heavy atom. The third-order valence-corrected chi connectivity index (χ3v) is 8.71. The van der Waals surface area contributed by atoms with Crippen LogP contribution in [0.2, 0.25) is 0 Å². The highest BCUT2D eigenvalue weighted by molar-refractivity contribution is 5.78. The van der Waals surface area contributed by atoms with Crippen molar-refractivity contribution in [1.82, 2.24) is 0 Å². The fourth-order valence-electron chi connectivity index (χ4n) is 4.19. The first kappa shape index (κ1) is 37.4. The molecular weight excluding hydrogens is 492 g/mol. The molecule has 0 heterocycles. The minimum Gasteiger partial charge on any atom is -0.461 e. The first-order valence-corrected chi connectivity index (χ1v) is 15.5. The van der Waals surface area contributed by atoms with Crippen LogP contribution in [0.15, 0.2) is 0 Å². The predicted molar refractivity (Wildman–Crippen MR) is 159 cm³/mol. The number of esters is 3. The lowest BCUT2D eigenvalue weighted by atomic mass is 9.81. The van der Waals surface area contributed by atoms with Crippen molar-refractivity contribution in [2.45, 2.75) is 147 Å². The summed E-state index contributed by atoms with van der Waals surface area (Å²) in [6.07, 6.45) is 6.02. The summed E-state index contributed by atoms with van der Waals surface area (Å²) in [5.74, 6) is 0.504. The van der Waals surface area contributed by atoms with Crippen LogP contribution >= 0.6 is 0 Å². The van der Waals surface area contributed by atoms with Gasteiger partial charge in [-0.2, -0.15) is 0 Å². The van der Waals surface area contributed by atoms with E-state index >= 15 is 0 Å². The molecule has 0 aliphatic carbocycles. The molecule has 6 heteroatoms. The minimum atomic E-state index is -0.854. The van der Waals surface area contributed by atoms with E-state index in [-0.39, 0.29) is 31.1 Å². The number of carbonyl (C=O) groups is 3. The molecule has 3 atom stereocenters. The summed E-state index contributed by atoms with van der Waals surface area (Å²) in [6, 6.07) is 0. The van der Waals surface area contributed by atoms with Crippen LogP contribution in [-0.2, 0) is 28.6 Å². The highest BCUT2D eigenvalue weighted by Crippen LogP contribution is 2.34. The minimum absolute atomic E-state index is 0.131. The average molecular weight is 555 g/mol. The Balaban J connectivity index is 5.70. The van der Waals surface area contributed by atoms with Crippen LogP contribution in [0.1, 0.15) is 141 Å². The smallest absolute Gasteiger partial charge is 0.312 e. The van der Waals surface area contributed by atoms with Crippen LogP contribution in [0.3, 0.4) is 0 Å². The van der Waals surface area contributed by atoms with Crippen molar-refractivity contribution in [3.63, 3.8) is 0 Å². The summed E-state index contributed by atoms with van der Waals surface area (Å²) < 4.78 is 17.4. The first-order valence-electron chi connectivity index (χ1n) is 15.5. The van der Waals surface area contributed by atoms with E-state index in [2.05, 4.69) is 41.5 Å². The lowest BCUT2D eigenvalue weighted by Crippen LogP contribution is -2.40. The van der Waals surface area contributed by atoms with Crippen LogP contribution in [0.25, 0.3) is 0 Å². The summed E-state index contributed by atoms with van der Waals surface area (Å²) >= 11 is 0. The van der Waals surface area contributed by atoms with Crippen LogP contribution in [0.5, 0.6) is 0 Å². The molecular formula is C33H62O6. The summed E-state index contributed by atoms with van der Waals surface area (Å²) in [6.45, 7) is 24.3. The monoisotopic (exact) mass is 554 g/mol. The van der Waals surface area contributed by atoms with E-state index in [1.165, 1.54) is 0 Å². The highest BCUT2D eigenvalue weighted by Gasteiger charge is 2.38. The molecule has 0 N–H and O–H groups in total. The molecule has 0 aliphatic heterocycles. The number of ether oxygens (including phenoxy) is 3. The molecule has 0 saturated carbocycles. The predicted octanol–water partition coefficient (Wildman–Crippen LogP) is 8.54. The molecule has 0 aromatic heterocycles. The van der Waals surface area contributed by atoms with Gasteiger partial charge in [0.05, 0.1) is 16.2 Å². The zero-order valence-corrected chi connectivity index (χ0v) is 27.5. The Hall–Kier alpha value is -1.59. The molecule has 0 aliphatic rings. The Labute approximate surface area is 240 Å². The second-order valence-electron chi connectivity index (χ2n) is 13.8. The van der Waals surface area contributed by atoms with Crippen molar-refractivity contribution in [2.75, 3.05) is 13.2 Å². The second-order valence-corrected chi connectivity index (χ2v) is 13.8. The van der Waals surface area contributed by atoms with Crippen molar-refractivity contribution >= 4 is 17.9 Å². The zero-order valence-electron chi connectivity index (χ0n) is 27.5. The normalized spacial score (nSPS) is 17.3. The maximum Gasteiger partial charge on any atom is 0.312 e. The lowest BCUT2D eigenvalue weighted by Gasteiger charge is -2.31. The van der Waals surface area contributed by atoms with Gasteiger partial charge < -0.3 is 14.2 Å². The highest BCUT2D eigenvalue weighted by atomic mass is 16.6. The van der Waals surface area contributed by atoms with E-state index in [9.17, 15) is 14.4 Å². The molecule has 230 valence electrons. The summed E-state index contributed by atoms with van der Waals surface area (Å²) in [5, 5.41) is 0. The molecule has 3 unspecified atom stereocenters. The van der Waals surface area contributed by atoms with E-state index in [1.807, 2.05) is 41.5 Å². The van der Waals surface area contributed by atoms with E-state index in [0.29, 0.717) is 43.4 Å². The van der Waals surface area contributed by atoms with Gasteiger partial charge in [0.15, 0.2) is 6.10 Å². The van der Waals surface area contributed by atoms with Gasteiger partial charge in [0, 0.05) is 0 Å². The van der Waals surface area contributed by atoms with Gasteiger partial charge in [0.25, 0.3) is 0 Å². The van der Waals surface area contributed by atoms with Crippen LogP contribution < -0.4 is 0 Å². The van der Waals surface area contributed by atoms with Crippen molar-refractivity contribution in [1.29, 1.82) is 0 Å². The van der Waals surface area contributed by atoms with Gasteiger partial charge in [-0.3, -0.25) is 14.4 Å². The molecule has 39 heavy (non-hydrogen) atoms. The van der Waals surface area contributed by atoms with Crippen molar-refractivity contribution in [3.05, 3.63) is 0 Å².